The van der Waals surface area contributed by atoms with Crippen molar-refractivity contribution < 1.29 is 0 Å². The lowest BCUT2D eigenvalue weighted by Crippen LogP contribution is -2.25. The first-order valence-electron chi connectivity index (χ1n) is 10.3. The molecule has 0 aliphatic rings. The van der Waals surface area contributed by atoms with Crippen LogP contribution in [0.2, 0.25) is 0 Å². The largest absolute Gasteiger partial charge is 0.360 e. The molecule has 0 spiro atoms. The van der Waals surface area contributed by atoms with Gasteiger partial charge in [0, 0.05) is 19.3 Å². The van der Waals surface area contributed by atoms with Gasteiger partial charge >= 0.3 is 0 Å². The molecule has 0 fully saturated rings. The predicted molar refractivity (Wildman–Crippen MR) is 123 cm³/mol. The average Bonchev–Trinajstić information content (AvgIpc) is 3.22. The third-order valence-corrected chi connectivity index (χ3v) is 5.61. The molecule has 0 aliphatic carbocycles. The molecule has 0 amide bonds. The van der Waals surface area contributed by atoms with Crippen molar-refractivity contribution >= 4 is 22.4 Å². The number of para-hydroxylation sites is 1. The van der Waals surface area contributed by atoms with E-state index >= 15 is 0 Å². The first-order chi connectivity index (χ1) is 15.1. The van der Waals surface area contributed by atoms with Crippen LogP contribution in [0.3, 0.4) is 0 Å². The zero-order chi connectivity index (χ0) is 21.4. The van der Waals surface area contributed by atoms with Gasteiger partial charge in [-0.2, -0.15) is 0 Å². The third kappa shape index (κ3) is 3.46. The summed E-state index contributed by atoms with van der Waals surface area (Å²) in [5.41, 5.74) is 4.30. The van der Waals surface area contributed by atoms with Gasteiger partial charge in [0.1, 0.15) is 0 Å². The minimum absolute atomic E-state index is 0.0677. The van der Waals surface area contributed by atoms with Crippen molar-refractivity contribution in [2.24, 2.45) is 7.05 Å². The fourth-order valence-electron chi connectivity index (χ4n) is 4.03. The lowest BCUT2D eigenvalue weighted by Gasteiger charge is -2.25. The van der Waals surface area contributed by atoms with Gasteiger partial charge in [0.2, 0.25) is 5.78 Å². The molecule has 0 bridgehead atoms. The number of aromatic nitrogens is 4. The Balaban J connectivity index is 1.65. The van der Waals surface area contributed by atoms with E-state index in [9.17, 15) is 4.79 Å². The summed E-state index contributed by atoms with van der Waals surface area (Å²) in [4.78, 5) is 15.0. The summed E-state index contributed by atoms with van der Waals surface area (Å²) in [5, 5.41) is 9.49. The second-order valence-electron chi connectivity index (χ2n) is 7.81. The maximum atomic E-state index is 12.7. The first-order valence-corrected chi connectivity index (χ1v) is 10.3. The quantitative estimate of drug-likeness (QED) is 0.439. The SMILES string of the molecule is Cc1cccc(N(Cc2ccccc2)Cc2nnc3n(C)c(=O)c4ccccc4n23)c1. The van der Waals surface area contributed by atoms with Crippen LogP contribution in [0.5, 0.6) is 0 Å². The highest BCUT2D eigenvalue weighted by atomic mass is 16.1. The van der Waals surface area contributed by atoms with Crippen LogP contribution < -0.4 is 10.5 Å². The normalized spacial score (nSPS) is 11.3. The Morgan fingerprint density at radius 3 is 2.45 bits per heavy atom. The van der Waals surface area contributed by atoms with E-state index in [4.69, 9.17) is 0 Å². The van der Waals surface area contributed by atoms with E-state index in [0.29, 0.717) is 17.7 Å². The van der Waals surface area contributed by atoms with E-state index in [1.165, 1.54) is 11.1 Å². The zero-order valence-electron chi connectivity index (χ0n) is 17.6. The standard InChI is InChI=1S/C25H23N5O/c1-18-9-8-12-20(15-18)29(16-19-10-4-3-5-11-19)17-23-26-27-25-28(2)24(31)21-13-6-7-14-22(21)30(23)25/h3-15H,16-17H2,1-2H3. The molecule has 6 nitrogen and oxygen atoms in total. The van der Waals surface area contributed by atoms with Gasteiger partial charge in [-0.05, 0) is 42.3 Å². The topological polar surface area (TPSA) is 55.4 Å². The van der Waals surface area contributed by atoms with Crippen molar-refractivity contribution in [2.45, 2.75) is 20.0 Å². The van der Waals surface area contributed by atoms with Crippen molar-refractivity contribution in [1.82, 2.24) is 19.2 Å². The van der Waals surface area contributed by atoms with Crippen LogP contribution in [0.15, 0.2) is 83.7 Å². The monoisotopic (exact) mass is 409 g/mol. The van der Waals surface area contributed by atoms with E-state index in [2.05, 4.69) is 70.6 Å². The predicted octanol–water partition coefficient (Wildman–Crippen LogP) is 4.10. The average molecular weight is 409 g/mol. The summed E-state index contributed by atoms with van der Waals surface area (Å²) >= 11 is 0. The first kappa shape index (κ1) is 19.1. The van der Waals surface area contributed by atoms with Gasteiger partial charge in [0.25, 0.3) is 5.56 Å². The van der Waals surface area contributed by atoms with Crippen LogP contribution in [-0.4, -0.2) is 19.2 Å². The molecular weight excluding hydrogens is 386 g/mol. The Labute approximate surface area is 180 Å². The minimum atomic E-state index is -0.0677. The van der Waals surface area contributed by atoms with Gasteiger partial charge in [-0.1, -0.05) is 54.6 Å². The van der Waals surface area contributed by atoms with Crippen LogP contribution in [0, 0.1) is 6.92 Å². The van der Waals surface area contributed by atoms with Crippen LogP contribution in [0.1, 0.15) is 17.0 Å². The fourth-order valence-corrected chi connectivity index (χ4v) is 4.03. The van der Waals surface area contributed by atoms with E-state index in [1.54, 1.807) is 11.6 Å². The van der Waals surface area contributed by atoms with Crippen molar-refractivity contribution in [1.29, 1.82) is 0 Å². The lowest BCUT2D eigenvalue weighted by molar-refractivity contribution is 0.749. The van der Waals surface area contributed by atoms with Crippen LogP contribution in [0.25, 0.3) is 16.7 Å². The number of hydrogen-bond acceptors (Lipinski definition) is 4. The van der Waals surface area contributed by atoms with Crippen molar-refractivity contribution in [3.8, 4) is 0 Å². The summed E-state index contributed by atoms with van der Waals surface area (Å²) in [7, 11) is 1.74. The van der Waals surface area contributed by atoms with Crippen molar-refractivity contribution in [3.63, 3.8) is 0 Å². The molecule has 0 unspecified atom stereocenters. The molecule has 5 aromatic rings. The molecule has 2 heterocycles. The van der Waals surface area contributed by atoms with Crippen LogP contribution in [0.4, 0.5) is 5.69 Å². The Morgan fingerprint density at radius 2 is 1.65 bits per heavy atom. The van der Waals surface area contributed by atoms with Gasteiger partial charge in [-0.3, -0.25) is 13.8 Å². The minimum Gasteiger partial charge on any atom is -0.360 e. The Hall–Kier alpha value is -3.93. The van der Waals surface area contributed by atoms with E-state index in [0.717, 1.165) is 23.6 Å². The second kappa shape index (κ2) is 7.72. The van der Waals surface area contributed by atoms with E-state index in [1.807, 2.05) is 34.7 Å². The number of anilines is 1. The number of rotatable bonds is 5. The molecule has 2 aromatic heterocycles. The Morgan fingerprint density at radius 1 is 0.871 bits per heavy atom. The van der Waals surface area contributed by atoms with E-state index in [-0.39, 0.29) is 5.56 Å². The molecule has 31 heavy (non-hydrogen) atoms. The maximum absolute atomic E-state index is 12.7. The third-order valence-electron chi connectivity index (χ3n) is 5.61. The molecule has 0 saturated heterocycles. The number of aryl methyl sites for hydroxylation is 2. The smallest absolute Gasteiger partial charge is 0.262 e. The van der Waals surface area contributed by atoms with Gasteiger partial charge in [-0.25, -0.2) is 0 Å². The molecule has 0 N–H and O–H groups in total. The molecule has 154 valence electrons. The van der Waals surface area contributed by atoms with Gasteiger partial charge in [0.05, 0.1) is 17.4 Å². The number of nitrogens with zero attached hydrogens (tertiary/aromatic N) is 5. The highest BCUT2D eigenvalue weighted by Crippen LogP contribution is 2.22. The summed E-state index contributed by atoms with van der Waals surface area (Å²) < 4.78 is 3.55. The van der Waals surface area contributed by atoms with Gasteiger partial charge in [-0.15, -0.1) is 10.2 Å². The summed E-state index contributed by atoms with van der Waals surface area (Å²) in [5.74, 6) is 1.34. The molecule has 0 radical (unpaired) electrons. The Kier molecular flexibility index (Phi) is 4.75. The van der Waals surface area contributed by atoms with E-state index < -0.39 is 0 Å². The second-order valence-corrected chi connectivity index (χ2v) is 7.81. The van der Waals surface area contributed by atoms with Gasteiger partial charge in [0.15, 0.2) is 5.82 Å². The number of hydrogen-bond donors (Lipinski definition) is 0. The van der Waals surface area contributed by atoms with Crippen LogP contribution in [-0.2, 0) is 20.1 Å². The molecule has 5 rings (SSSR count). The lowest BCUT2D eigenvalue weighted by atomic mass is 10.1. The highest BCUT2D eigenvalue weighted by molar-refractivity contribution is 5.80. The molecule has 0 saturated carbocycles. The van der Waals surface area contributed by atoms with Crippen LogP contribution >= 0.6 is 0 Å². The highest BCUT2D eigenvalue weighted by Gasteiger charge is 2.17. The molecular formula is C25H23N5O. The number of fused-ring (bicyclic) bond motifs is 3. The molecule has 3 aromatic carbocycles. The maximum Gasteiger partial charge on any atom is 0.262 e. The molecule has 6 heteroatoms. The summed E-state index contributed by atoms with van der Waals surface area (Å²) in [6.45, 7) is 3.39. The number of benzene rings is 3. The Bertz CT molecular complexity index is 1440. The fraction of sp³-hybridized carbons (Fsp3) is 0.160. The summed E-state index contributed by atoms with van der Waals surface area (Å²) in [6, 6.07) is 26.5. The molecule has 0 atom stereocenters. The molecule has 0 aliphatic heterocycles. The van der Waals surface area contributed by atoms with Gasteiger partial charge < -0.3 is 4.90 Å². The van der Waals surface area contributed by atoms with Crippen molar-refractivity contribution in [3.05, 3.63) is 106 Å². The zero-order valence-corrected chi connectivity index (χ0v) is 17.6. The summed E-state index contributed by atoms with van der Waals surface area (Å²) in [6.07, 6.45) is 0. The van der Waals surface area contributed by atoms with Crippen molar-refractivity contribution in [2.75, 3.05) is 4.90 Å².